The number of aromatic carboxylic acids is 1. The highest BCUT2D eigenvalue weighted by molar-refractivity contribution is 5.98. The van der Waals surface area contributed by atoms with E-state index in [-0.39, 0.29) is 12.5 Å². The molecule has 1 heterocycles. The highest BCUT2D eigenvalue weighted by Gasteiger charge is 2.20. The van der Waals surface area contributed by atoms with Crippen LogP contribution >= 0.6 is 0 Å². The number of benzene rings is 3. The number of nitrogens with two attached hydrogens (primary N) is 1. The Bertz CT molecular complexity index is 1360. The van der Waals surface area contributed by atoms with Crippen molar-refractivity contribution in [2.24, 2.45) is 5.73 Å². The van der Waals surface area contributed by atoms with Crippen molar-refractivity contribution in [3.05, 3.63) is 106 Å². The Hall–Kier alpha value is -4.03. The zero-order valence-electron chi connectivity index (χ0n) is 19.2. The van der Waals surface area contributed by atoms with Crippen molar-refractivity contribution in [2.75, 3.05) is 11.9 Å². The molecule has 34 heavy (non-hydrogen) atoms. The maximum Gasteiger partial charge on any atom is 0.335 e. The fourth-order valence-corrected chi connectivity index (χ4v) is 4.25. The Kier molecular flexibility index (Phi) is 6.70. The van der Waals surface area contributed by atoms with Gasteiger partial charge in [-0.05, 0) is 77.7 Å². The number of pyridine rings is 1. The van der Waals surface area contributed by atoms with E-state index in [2.05, 4.69) is 10.3 Å². The van der Waals surface area contributed by atoms with E-state index in [1.807, 2.05) is 68.4 Å². The molecule has 1 amide bonds. The fourth-order valence-electron chi connectivity index (χ4n) is 4.25. The molecule has 4 rings (SSSR count). The van der Waals surface area contributed by atoms with E-state index in [0.29, 0.717) is 17.7 Å². The summed E-state index contributed by atoms with van der Waals surface area (Å²) in [5.41, 5.74) is 11.7. The van der Waals surface area contributed by atoms with Crippen molar-refractivity contribution in [2.45, 2.75) is 26.2 Å². The van der Waals surface area contributed by atoms with Gasteiger partial charge in [-0.3, -0.25) is 9.78 Å². The molecule has 1 atom stereocenters. The second-order valence-corrected chi connectivity index (χ2v) is 8.47. The molecule has 0 aliphatic heterocycles. The zero-order chi connectivity index (χ0) is 24.2. The van der Waals surface area contributed by atoms with Gasteiger partial charge in [0.1, 0.15) is 0 Å². The van der Waals surface area contributed by atoms with Crippen LogP contribution in [0.15, 0.2) is 73.1 Å². The third-order valence-electron chi connectivity index (χ3n) is 6.29. The Morgan fingerprint density at radius 2 is 1.76 bits per heavy atom. The SMILES string of the molecule is Cc1ccc(C(=O)O)c(C)c1Cc1ccc(C(CN)C(=O)Nc2ccc3cnccc3c2)cc1. The van der Waals surface area contributed by atoms with Crippen LogP contribution in [0.25, 0.3) is 10.8 Å². The Morgan fingerprint density at radius 3 is 2.47 bits per heavy atom. The molecule has 0 bridgehead atoms. The molecular weight excluding hydrogens is 426 g/mol. The monoisotopic (exact) mass is 453 g/mol. The summed E-state index contributed by atoms with van der Waals surface area (Å²) in [5.74, 6) is -1.57. The zero-order valence-corrected chi connectivity index (χ0v) is 19.2. The van der Waals surface area contributed by atoms with Crippen molar-refractivity contribution in [1.29, 1.82) is 0 Å². The van der Waals surface area contributed by atoms with Gasteiger partial charge in [-0.25, -0.2) is 4.79 Å². The third kappa shape index (κ3) is 4.82. The summed E-state index contributed by atoms with van der Waals surface area (Å²) >= 11 is 0. The average molecular weight is 454 g/mol. The van der Waals surface area contributed by atoms with Gasteiger partial charge in [0.05, 0.1) is 11.5 Å². The molecule has 0 radical (unpaired) electrons. The van der Waals surface area contributed by atoms with E-state index < -0.39 is 11.9 Å². The predicted molar refractivity (Wildman–Crippen MR) is 134 cm³/mol. The molecule has 3 aromatic carbocycles. The van der Waals surface area contributed by atoms with E-state index >= 15 is 0 Å². The lowest BCUT2D eigenvalue weighted by Gasteiger charge is -2.17. The largest absolute Gasteiger partial charge is 0.478 e. The van der Waals surface area contributed by atoms with Crippen LogP contribution < -0.4 is 11.1 Å². The molecule has 0 aliphatic rings. The quantitative estimate of drug-likeness (QED) is 0.372. The first-order chi connectivity index (χ1) is 16.4. The summed E-state index contributed by atoms with van der Waals surface area (Å²) in [6.45, 7) is 4.01. The van der Waals surface area contributed by atoms with Crippen LogP contribution in [0.5, 0.6) is 0 Å². The molecule has 1 aromatic heterocycles. The van der Waals surface area contributed by atoms with E-state index in [9.17, 15) is 14.7 Å². The normalized spacial score (nSPS) is 11.9. The molecular formula is C28H27N3O3. The van der Waals surface area contributed by atoms with Crippen molar-refractivity contribution in [3.63, 3.8) is 0 Å². The number of nitrogens with one attached hydrogen (secondary N) is 1. The van der Waals surface area contributed by atoms with Gasteiger partial charge in [0.15, 0.2) is 0 Å². The first kappa shape index (κ1) is 23.1. The van der Waals surface area contributed by atoms with Crippen LogP contribution in [-0.2, 0) is 11.2 Å². The minimum Gasteiger partial charge on any atom is -0.478 e. The number of rotatable bonds is 7. The van der Waals surface area contributed by atoms with Gasteiger partial charge < -0.3 is 16.2 Å². The van der Waals surface area contributed by atoms with Crippen molar-refractivity contribution < 1.29 is 14.7 Å². The average Bonchev–Trinajstić information content (AvgIpc) is 2.83. The number of amides is 1. The Balaban J connectivity index is 1.51. The van der Waals surface area contributed by atoms with Gasteiger partial charge >= 0.3 is 5.97 Å². The van der Waals surface area contributed by atoms with E-state index in [1.54, 1.807) is 18.5 Å². The van der Waals surface area contributed by atoms with E-state index in [0.717, 1.165) is 38.6 Å². The number of nitrogens with zero attached hydrogens (tertiary/aromatic N) is 1. The Labute approximate surface area is 198 Å². The minimum absolute atomic E-state index is 0.162. The number of anilines is 1. The molecule has 4 N–H and O–H groups in total. The first-order valence-corrected chi connectivity index (χ1v) is 11.1. The number of hydrogen-bond donors (Lipinski definition) is 3. The lowest BCUT2D eigenvalue weighted by molar-refractivity contribution is -0.117. The molecule has 6 nitrogen and oxygen atoms in total. The number of hydrogen-bond acceptors (Lipinski definition) is 4. The van der Waals surface area contributed by atoms with Crippen LogP contribution in [0.4, 0.5) is 5.69 Å². The molecule has 1 unspecified atom stereocenters. The molecule has 0 aliphatic carbocycles. The summed E-state index contributed by atoms with van der Waals surface area (Å²) in [6.07, 6.45) is 4.12. The molecule has 6 heteroatoms. The lowest BCUT2D eigenvalue weighted by atomic mass is 9.91. The summed E-state index contributed by atoms with van der Waals surface area (Å²) in [5, 5.41) is 14.4. The molecule has 4 aromatic rings. The number of carbonyl (C=O) groups excluding carboxylic acids is 1. The summed E-state index contributed by atoms with van der Waals surface area (Å²) in [7, 11) is 0. The number of aryl methyl sites for hydroxylation is 1. The molecule has 0 spiro atoms. The molecule has 0 fully saturated rings. The summed E-state index contributed by atoms with van der Waals surface area (Å²) < 4.78 is 0. The fraction of sp³-hybridized carbons (Fsp3) is 0.179. The van der Waals surface area contributed by atoms with Crippen LogP contribution in [0.2, 0.25) is 0 Å². The maximum absolute atomic E-state index is 13.0. The highest BCUT2D eigenvalue weighted by atomic mass is 16.4. The number of fused-ring (bicyclic) bond motifs is 1. The van der Waals surface area contributed by atoms with Gasteiger partial charge in [-0.2, -0.15) is 0 Å². The van der Waals surface area contributed by atoms with Crippen LogP contribution in [-0.4, -0.2) is 28.5 Å². The third-order valence-corrected chi connectivity index (χ3v) is 6.29. The lowest BCUT2D eigenvalue weighted by Crippen LogP contribution is -2.27. The second kappa shape index (κ2) is 9.85. The minimum atomic E-state index is -0.922. The van der Waals surface area contributed by atoms with Gasteiger partial charge in [-0.15, -0.1) is 0 Å². The molecule has 0 saturated heterocycles. The van der Waals surface area contributed by atoms with Crippen LogP contribution in [0.3, 0.4) is 0 Å². The molecule has 0 saturated carbocycles. The Morgan fingerprint density at radius 1 is 1.00 bits per heavy atom. The highest BCUT2D eigenvalue weighted by Crippen LogP contribution is 2.25. The van der Waals surface area contributed by atoms with Crippen LogP contribution in [0, 0.1) is 13.8 Å². The van der Waals surface area contributed by atoms with Crippen LogP contribution in [0.1, 0.15) is 44.1 Å². The van der Waals surface area contributed by atoms with Gasteiger partial charge in [0.25, 0.3) is 0 Å². The van der Waals surface area contributed by atoms with Crippen molar-refractivity contribution >= 4 is 28.3 Å². The molecule has 172 valence electrons. The van der Waals surface area contributed by atoms with Gasteiger partial charge in [-0.1, -0.05) is 36.4 Å². The number of aromatic nitrogens is 1. The van der Waals surface area contributed by atoms with Crippen molar-refractivity contribution in [3.8, 4) is 0 Å². The van der Waals surface area contributed by atoms with Gasteiger partial charge in [0.2, 0.25) is 5.91 Å². The summed E-state index contributed by atoms with van der Waals surface area (Å²) in [6, 6.07) is 18.9. The van der Waals surface area contributed by atoms with E-state index in [4.69, 9.17) is 5.73 Å². The topological polar surface area (TPSA) is 105 Å². The number of carbonyl (C=O) groups is 2. The summed E-state index contributed by atoms with van der Waals surface area (Å²) in [4.78, 5) is 28.6. The number of carboxylic acids is 1. The van der Waals surface area contributed by atoms with Crippen molar-refractivity contribution in [1.82, 2.24) is 4.98 Å². The predicted octanol–water partition coefficient (Wildman–Crippen LogP) is 4.82. The first-order valence-electron chi connectivity index (χ1n) is 11.1. The maximum atomic E-state index is 13.0. The smallest absolute Gasteiger partial charge is 0.335 e. The second-order valence-electron chi connectivity index (χ2n) is 8.47. The van der Waals surface area contributed by atoms with Gasteiger partial charge in [0, 0.05) is 30.0 Å². The number of carboxylic acid groups (broad SMARTS) is 1. The standard InChI is InChI=1S/C28H27N3O3/c1-17-3-10-24(28(33)34)18(2)25(17)13-19-4-6-20(7-5-19)26(15-29)27(32)31-23-9-8-22-16-30-12-11-21(22)14-23/h3-12,14,16,26H,13,15,29H2,1-2H3,(H,31,32)(H,33,34). The van der Waals surface area contributed by atoms with E-state index in [1.165, 1.54) is 0 Å².